The highest BCUT2D eigenvalue weighted by atomic mass is 32.2. The van der Waals surface area contributed by atoms with E-state index in [0.29, 0.717) is 64.3 Å². The number of benzene rings is 4. The predicted molar refractivity (Wildman–Crippen MR) is 273 cm³/mol. The van der Waals surface area contributed by atoms with E-state index in [-0.39, 0.29) is 26.9 Å². The third-order valence-electron chi connectivity index (χ3n) is 12.7. The number of morpholine rings is 1. The van der Waals surface area contributed by atoms with Gasteiger partial charge >= 0.3 is 5.97 Å². The molecule has 1 saturated heterocycles. The normalized spacial score (nSPS) is 13.4. The first-order chi connectivity index (χ1) is 34.6. The number of carboxylic acid groups (broad SMARTS) is 1. The van der Waals surface area contributed by atoms with Crippen molar-refractivity contribution in [2.75, 3.05) is 39.4 Å². The molecule has 11 rings (SSSR count). The molecule has 20 heteroatoms. The Hall–Kier alpha value is -8.04. The molecule has 0 radical (unpaired) electrons. The highest BCUT2D eigenvalue weighted by Gasteiger charge is 2.29. The van der Waals surface area contributed by atoms with Crippen LogP contribution in [-0.2, 0) is 38.9 Å². The molecule has 6 aromatic heterocycles. The largest absolute Gasteiger partial charge is 0.478 e. The molecule has 4 aromatic carbocycles. The van der Waals surface area contributed by atoms with Gasteiger partial charge in [-0.1, -0.05) is 59.7 Å². The molecule has 18 nitrogen and oxygen atoms in total. The summed E-state index contributed by atoms with van der Waals surface area (Å²) >= 11 is 0. The maximum Gasteiger partial charge on any atom is 0.335 e. The van der Waals surface area contributed by atoms with Gasteiger partial charge in [-0.05, 0) is 74.5 Å². The van der Waals surface area contributed by atoms with Gasteiger partial charge in [-0.25, -0.2) is 39.5 Å². The maximum absolute atomic E-state index is 14.1. The number of aromatic carboxylic acids is 1. The van der Waals surface area contributed by atoms with Crippen molar-refractivity contribution in [3.05, 3.63) is 156 Å². The molecular weight excluding hydrogens is 957 g/mol. The number of hydrogen-bond donors (Lipinski definition) is 2. The third kappa shape index (κ3) is 8.78. The van der Waals surface area contributed by atoms with Crippen LogP contribution in [0.1, 0.15) is 31.8 Å². The topological polar surface area (TPSA) is 218 Å². The van der Waals surface area contributed by atoms with Gasteiger partial charge in [0.15, 0.2) is 11.3 Å². The minimum absolute atomic E-state index is 0.0608. The average Bonchev–Trinajstić information content (AvgIpc) is 4.18. The van der Waals surface area contributed by atoms with E-state index in [1.807, 2.05) is 27.0 Å². The fraction of sp³-hybridized carbons (Fsp3) is 0.192. The number of fused-ring (bicyclic) bond motifs is 6. The molecule has 0 saturated carbocycles. The monoisotopic (exact) mass is 1000 g/mol. The van der Waals surface area contributed by atoms with Crippen molar-refractivity contribution >= 4 is 75.8 Å². The number of pyridine rings is 2. The standard InChI is InChI=1S/C29H30N6O4S.C23H18N4O4S/c1-20-6-8-24(9-7-20)40(37,38)35-26(17-25-27-23(18-31-28(25)35)19-32-33(27)2)21-4-3-5-22(16-21)29(36)30-10-11-34-12-14-39-15-13-34;1-14-6-8-18(9-7-14)32(30,31)27-20(15-4-3-5-16(10-15)23(28)29)11-19-21-17(12-24-22(19)27)13-25-26(21)2/h3-9,16-19H,10-15H2,1-2H3,(H,30,36);3-13H,1-2H3,(H,28,29). The Morgan fingerprint density at radius 1 is 0.625 bits per heavy atom. The maximum atomic E-state index is 14.1. The lowest BCUT2D eigenvalue weighted by molar-refractivity contribution is 0.0383. The molecule has 1 aliphatic heterocycles. The Balaban J connectivity index is 0.000000170. The molecule has 10 aromatic rings. The summed E-state index contributed by atoms with van der Waals surface area (Å²) in [6.45, 7) is 8.14. The summed E-state index contributed by atoms with van der Waals surface area (Å²) in [5.74, 6) is -1.31. The second-order valence-corrected chi connectivity index (χ2v) is 21.1. The molecule has 0 atom stereocenters. The molecule has 0 bridgehead atoms. The Labute approximate surface area is 413 Å². The predicted octanol–water partition coefficient (Wildman–Crippen LogP) is 7.03. The molecule has 2 N–H and O–H groups in total. The molecule has 0 spiro atoms. The number of hydrogen-bond acceptors (Lipinski definition) is 12. The zero-order valence-electron chi connectivity index (χ0n) is 39.6. The number of aromatic nitrogens is 8. The Bertz CT molecular complexity index is 3970. The van der Waals surface area contributed by atoms with Gasteiger partial charge in [0.05, 0.1) is 63.4 Å². The lowest BCUT2D eigenvalue weighted by Crippen LogP contribution is -2.41. The Morgan fingerprint density at radius 2 is 1.08 bits per heavy atom. The SMILES string of the molecule is Cc1ccc(S(=O)(=O)n2c(-c3cccc(C(=O)NCCN4CCOCC4)c3)cc3c4c(cnc32)cnn4C)cc1.Cc1ccc(S(=O)(=O)n2c(-c3cccc(C(=O)O)c3)cc3c4c(cnc32)cnn4C)cc1. The van der Waals surface area contributed by atoms with E-state index in [1.54, 1.807) is 132 Å². The van der Waals surface area contributed by atoms with Crippen LogP contribution in [0.2, 0.25) is 0 Å². The van der Waals surface area contributed by atoms with Gasteiger partial charge in [-0.2, -0.15) is 10.2 Å². The van der Waals surface area contributed by atoms with Crippen LogP contribution in [0.5, 0.6) is 0 Å². The Morgan fingerprint density at radius 3 is 1.56 bits per heavy atom. The number of ether oxygens (including phenoxy) is 1. The Kier molecular flexibility index (Phi) is 12.5. The number of carboxylic acids is 1. The molecule has 72 heavy (non-hydrogen) atoms. The van der Waals surface area contributed by atoms with E-state index in [9.17, 15) is 31.5 Å². The summed E-state index contributed by atoms with van der Waals surface area (Å²) in [5, 5.41) is 23.9. The first kappa shape index (κ1) is 47.6. The molecule has 1 fully saturated rings. The van der Waals surface area contributed by atoms with E-state index in [4.69, 9.17) is 4.74 Å². The quantitative estimate of drug-likeness (QED) is 0.133. The molecule has 7 heterocycles. The fourth-order valence-electron chi connectivity index (χ4n) is 8.98. The van der Waals surface area contributed by atoms with Crippen molar-refractivity contribution in [1.82, 2.24) is 47.7 Å². The summed E-state index contributed by atoms with van der Waals surface area (Å²) in [6.07, 6.45) is 6.59. The fourth-order valence-corrected chi connectivity index (χ4v) is 11.9. The van der Waals surface area contributed by atoms with Crippen molar-refractivity contribution < 1.29 is 36.3 Å². The average molecular weight is 1010 g/mol. The number of nitrogens with zero attached hydrogens (tertiary/aromatic N) is 9. The van der Waals surface area contributed by atoms with Crippen LogP contribution < -0.4 is 5.32 Å². The van der Waals surface area contributed by atoms with Gasteiger partial charge in [-0.3, -0.25) is 19.1 Å². The first-order valence-electron chi connectivity index (χ1n) is 22.9. The molecular formula is C52H48N10O8S2. The molecule has 0 aliphatic carbocycles. The molecule has 366 valence electrons. The summed E-state index contributed by atoms with van der Waals surface area (Å²) in [4.78, 5) is 36.1. The lowest BCUT2D eigenvalue weighted by Gasteiger charge is -2.26. The highest BCUT2D eigenvalue weighted by Crippen LogP contribution is 2.37. The molecule has 0 unspecified atom stereocenters. The van der Waals surface area contributed by atoms with E-state index in [2.05, 4.69) is 30.4 Å². The first-order valence-corrected chi connectivity index (χ1v) is 25.8. The van der Waals surface area contributed by atoms with Gasteiger partial charge in [0.2, 0.25) is 0 Å². The van der Waals surface area contributed by atoms with E-state index < -0.39 is 26.0 Å². The summed E-state index contributed by atoms with van der Waals surface area (Å²) in [6, 6.07) is 30.1. The van der Waals surface area contributed by atoms with Crippen molar-refractivity contribution in [3.63, 3.8) is 0 Å². The smallest absolute Gasteiger partial charge is 0.335 e. The minimum atomic E-state index is -4.04. The van der Waals surface area contributed by atoms with Crippen LogP contribution in [-0.4, -0.2) is 116 Å². The number of amides is 1. The van der Waals surface area contributed by atoms with Gasteiger partial charge in [0.1, 0.15) is 0 Å². The highest BCUT2D eigenvalue weighted by molar-refractivity contribution is 7.90. The third-order valence-corrected chi connectivity index (χ3v) is 16.2. The van der Waals surface area contributed by atoms with Crippen molar-refractivity contribution in [2.24, 2.45) is 14.1 Å². The number of carbonyl (C=O) groups is 2. The van der Waals surface area contributed by atoms with Gasteiger partial charge in [0.25, 0.3) is 26.0 Å². The summed E-state index contributed by atoms with van der Waals surface area (Å²) in [5.41, 5.74) is 6.25. The van der Waals surface area contributed by atoms with Crippen LogP contribution in [0, 0.1) is 13.8 Å². The zero-order chi connectivity index (χ0) is 50.5. The van der Waals surface area contributed by atoms with Gasteiger partial charge < -0.3 is 15.2 Å². The minimum Gasteiger partial charge on any atom is -0.478 e. The zero-order valence-corrected chi connectivity index (χ0v) is 41.2. The number of carbonyl (C=O) groups excluding carboxylic acids is 1. The number of nitrogens with one attached hydrogen (secondary N) is 1. The van der Waals surface area contributed by atoms with Crippen LogP contribution in [0.25, 0.3) is 66.4 Å². The van der Waals surface area contributed by atoms with E-state index in [1.165, 1.54) is 20.1 Å². The lowest BCUT2D eigenvalue weighted by atomic mass is 10.1. The van der Waals surface area contributed by atoms with Crippen molar-refractivity contribution in [3.8, 4) is 22.5 Å². The number of aryl methyl sites for hydroxylation is 4. The second kappa shape index (κ2) is 18.9. The van der Waals surface area contributed by atoms with E-state index >= 15 is 0 Å². The second-order valence-electron chi connectivity index (χ2n) is 17.5. The molecule has 1 aliphatic rings. The summed E-state index contributed by atoms with van der Waals surface area (Å²) in [7, 11) is -4.48. The van der Waals surface area contributed by atoms with Gasteiger partial charge in [-0.15, -0.1) is 0 Å². The van der Waals surface area contributed by atoms with Crippen molar-refractivity contribution in [2.45, 2.75) is 23.6 Å². The number of rotatable bonds is 11. The van der Waals surface area contributed by atoms with Crippen LogP contribution in [0.4, 0.5) is 0 Å². The van der Waals surface area contributed by atoms with Crippen LogP contribution in [0.15, 0.2) is 144 Å². The van der Waals surface area contributed by atoms with E-state index in [0.717, 1.165) is 52.6 Å². The van der Waals surface area contributed by atoms with Gasteiger partial charge in [0, 0.05) is 90.9 Å². The van der Waals surface area contributed by atoms with Crippen molar-refractivity contribution in [1.29, 1.82) is 0 Å². The van der Waals surface area contributed by atoms with Crippen LogP contribution >= 0.6 is 0 Å². The molecule has 1 amide bonds. The van der Waals surface area contributed by atoms with Crippen LogP contribution in [0.3, 0.4) is 0 Å². The summed E-state index contributed by atoms with van der Waals surface area (Å²) < 4.78 is 67.0.